The fraction of sp³-hybridized carbons (Fsp3) is 0.176. The molecule has 0 bridgehead atoms. The molecule has 2 aromatic carbocycles. The number of nitrogens with one attached hydrogen (secondary N) is 1. The topological polar surface area (TPSA) is 74.2 Å². The van der Waals surface area contributed by atoms with Gasteiger partial charge in [-0.3, -0.25) is 4.79 Å². The van der Waals surface area contributed by atoms with Crippen molar-refractivity contribution in [1.82, 2.24) is 5.43 Å². The molecule has 6 heteroatoms. The molecule has 0 heterocycles. The van der Waals surface area contributed by atoms with Crippen LogP contribution in [0, 0.1) is 0 Å². The van der Waals surface area contributed by atoms with Gasteiger partial charge in [-0.15, -0.1) is 0 Å². The van der Waals surface area contributed by atoms with Gasteiger partial charge in [0.25, 0.3) is 5.91 Å². The summed E-state index contributed by atoms with van der Waals surface area (Å²) in [5.74, 6) is -0.162. The van der Waals surface area contributed by atoms with Gasteiger partial charge in [-0.05, 0) is 29.8 Å². The van der Waals surface area contributed by atoms with Crippen LogP contribution < -0.4 is 15.1 Å². The van der Waals surface area contributed by atoms with Crippen LogP contribution in [-0.4, -0.2) is 37.9 Å². The molecule has 0 aliphatic rings. The van der Waals surface area contributed by atoms with E-state index in [-0.39, 0.29) is 18.1 Å². The van der Waals surface area contributed by atoms with Crippen molar-refractivity contribution in [2.75, 3.05) is 25.6 Å². The Balaban J connectivity index is 1.80. The first-order chi connectivity index (χ1) is 11.1. The van der Waals surface area contributed by atoms with Crippen LogP contribution >= 0.6 is 0 Å². The molecule has 2 N–H and O–H groups in total. The van der Waals surface area contributed by atoms with E-state index in [9.17, 15) is 9.90 Å². The Morgan fingerprint density at radius 3 is 2.57 bits per heavy atom. The third kappa shape index (κ3) is 5.03. The number of anilines is 1. The molecule has 23 heavy (non-hydrogen) atoms. The van der Waals surface area contributed by atoms with Gasteiger partial charge in [0.2, 0.25) is 0 Å². The molecule has 0 saturated carbocycles. The van der Waals surface area contributed by atoms with Gasteiger partial charge >= 0.3 is 0 Å². The first-order valence-electron chi connectivity index (χ1n) is 7.06. The highest BCUT2D eigenvalue weighted by Crippen LogP contribution is 2.23. The molecule has 0 radical (unpaired) electrons. The molecule has 120 valence electrons. The van der Waals surface area contributed by atoms with E-state index >= 15 is 0 Å². The Bertz CT molecular complexity index is 682. The van der Waals surface area contributed by atoms with Gasteiger partial charge in [-0.25, -0.2) is 5.43 Å². The van der Waals surface area contributed by atoms with Crippen molar-refractivity contribution < 1.29 is 14.6 Å². The number of hydrogen-bond donors (Lipinski definition) is 2. The maximum atomic E-state index is 11.6. The first-order valence-corrected chi connectivity index (χ1v) is 7.06. The number of carbonyl (C=O) groups excluding carboxylic acids is 1. The molecule has 0 aliphatic heterocycles. The zero-order valence-electron chi connectivity index (χ0n) is 13.1. The quantitative estimate of drug-likeness (QED) is 0.632. The Kier molecular flexibility index (Phi) is 5.57. The van der Waals surface area contributed by atoms with Crippen molar-refractivity contribution in [2.45, 2.75) is 0 Å². The Morgan fingerprint density at radius 2 is 1.91 bits per heavy atom. The second-order valence-electron chi connectivity index (χ2n) is 5.04. The second-order valence-corrected chi connectivity index (χ2v) is 5.04. The maximum Gasteiger partial charge on any atom is 0.277 e. The lowest BCUT2D eigenvalue weighted by Crippen LogP contribution is -2.24. The number of aromatic hydroxyl groups is 1. The zero-order chi connectivity index (χ0) is 16.7. The smallest absolute Gasteiger partial charge is 0.277 e. The minimum atomic E-state index is -0.408. The van der Waals surface area contributed by atoms with Crippen molar-refractivity contribution in [1.29, 1.82) is 0 Å². The Morgan fingerprint density at radius 1 is 1.22 bits per heavy atom. The van der Waals surface area contributed by atoms with Gasteiger partial charge in [0.05, 0.1) is 6.21 Å². The lowest BCUT2D eigenvalue weighted by molar-refractivity contribution is -0.123. The van der Waals surface area contributed by atoms with Crippen molar-refractivity contribution in [3.8, 4) is 11.5 Å². The minimum absolute atomic E-state index is 0.00946. The highest BCUT2D eigenvalue weighted by Gasteiger charge is 2.04. The van der Waals surface area contributed by atoms with Crippen LogP contribution in [0.4, 0.5) is 5.69 Å². The lowest BCUT2D eigenvalue weighted by atomic mass is 10.2. The van der Waals surface area contributed by atoms with Gasteiger partial charge in [0, 0.05) is 19.8 Å². The van der Waals surface area contributed by atoms with E-state index in [0.29, 0.717) is 0 Å². The van der Waals surface area contributed by atoms with Crippen LogP contribution in [-0.2, 0) is 4.79 Å². The molecule has 0 fully saturated rings. The van der Waals surface area contributed by atoms with E-state index in [4.69, 9.17) is 4.74 Å². The monoisotopic (exact) mass is 313 g/mol. The Hall–Kier alpha value is -3.02. The summed E-state index contributed by atoms with van der Waals surface area (Å²) in [4.78, 5) is 13.6. The largest absolute Gasteiger partial charge is 0.504 e. The highest BCUT2D eigenvalue weighted by molar-refractivity contribution is 5.83. The predicted octanol–water partition coefficient (Wildman–Crippen LogP) is 1.99. The van der Waals surface area contributed by atoms with E-state index in [2.05, 4.69) is 10.5 Å². The molecule has 0 atom stereocenters. The van der Waals surface area contributed by atoms with Crippen LogP contribution in [0.3, 0.4) is 0 Å². The fourth-order valence-corrected chi connectivity index (χ4v) is 1.79. The molecular weight excluding hydrogens is 294 g/mol. The first kappa shape index (κ1) is 16.4. The van der Waals surface area contributed by atoms with Gasteiger partial charge in [-0.2, -0.15) is 5.10 Å². The number of hydrazone groups is 1. The van der Waals surface area contributed by atoms with E-state index < -0.39 is 5.91 Å². The van der Waals surface area contributed by atoms with Crippen molar-refractivity contribution in [3.05, 3.63) is 54.1 Å². The standard InChI is InChI=1S/C17H19N3O3/c1-20(2)14-9-7-13(8-10-14)11-18-19-17(22)12-23-16-6-4-3-5-15(16)21/h3-11,21H,12H2,1-2H3,(H,19,22)/b18-11+. The van der Waals surface area contributed by atoms with Gasteiger partial charge in [-0.1, -0.05) is 24.3 Å². The van der Waals surface area contributed by atoms with Crippen LogP contribution in [0.25, 0.3) is 0 Å². The van der Waals surface area contributed by atoms with Crippen molar-refractivity contribution in [2.24, 2.45) is 5.10 Å². The molecule has 2 aromatic rings. The number of carbonyl (C=O) groups is 1. The normalized spacial score (nSPS) is 10.5. The summed E-state index contributed by atoms with van der Waals surface area (Å²) in [7, 11) is 3.93. The molecule has 0 saturated heterocycles. The molecule has 0 aromatic heterocycles. The van der Waals surface area contributed by atoms with Crippen molar-refractivity contribution in [3.63, 3.8) is 0 Å². The number of phenolic OH excluding ortho intramolecular Hbond substituents is 1. The number of para-hydroxylation sites is 2. The van der Waals surface area contributed by atoms with Crippen LogP contribution in [0.15, 0.2) is 53.6 Å². The molecule has 0 aliphatic carbocycles. The number of hydrogen-bond acceptors (Lipinski definition) is 5. The van der Waals surface area contributed by atoms with E-state index in [0.717, 1.165) is 11.3 Å². The van der Waals surface area contributed by atoms with Crippen LogP contribution in [0.2, 0.25) is 0 Å². The molecular formula is C17H19N3O3. The molecule has 6 nitrogen and oxygen atoms in total. The van der Waals surface area contributed by atoms with E-state index in [1.54, 1.807) is 24.4 Å². The average Bonchev–Trinajstić information content (AvgIpc) is 2.54. The van der Waals surface area contributed by atoms with Gasteiger partial charge in [0.1, 0.15) is 0 Å². The summed E-state index contributed by atoms with van der Waals surface area (Å²) in [5.41, 5.74) is 4.33. The number of nitrogens with zero attached hydrogens (tertiary/aromatic N) is 2. The summed E-state index contributed by atoms with van der Waals surface area (Å²) in [5, 5.41) is 13.4. The summed E-state index contributed by atoms with van der Waals surface area (Å²) in [6, 6.07) is 14.2. The van der Waals surface area contributed by atoms with E-state index in [1.165, 1.54) is 6.07 Å². The number of rotatable bonds is 6. The summed E-state index contributed by atoms with van der Waals surface area (Å²) < 4.78 is 5.20. The molecule has 0 spiro atoms. The molecule has 0 unspecified atom stereocenters. The Labute approximate surface area is 135 Å². The van der Waals surface area contributed by atoms with Crippen LogP contribution in [0.1, 0.15) is 5.56 Å². The third-order valence-electron chi connectivity index (χ3n) is 3.04. The summed E-state index contributed by atoms with van der Waals surface area (Å²) in [6.45, 7) is -0.228. The highest BCUT2D eigenvalue weighted by atomic mass is 16.5. The van der Waals surface area contributed by atoms with Crippen LogP contribution in [0.5, 0.6) is 11.5 Å². The predicted molar refractivity (Wildman–Crippen MR) is 90.1 cm³/mol. The maximum absolute atomic E-state index is 11.6. The average molecular weight is 313 g/mol. The molecule has 2 rings (SSSR count). The molecule has 1 amide bonds. The summed E-state index contributed by atoms with van der Waals surface area (Å²) >= 11 is 0. The number of benzene rings is 2. The second kappa shape index (κ2) is 7.84. The van der Waals surface area contributed by atoms with Crippen molar-refractivity contribution >= 4 is 17.8 Å². The zero-order valence-corrected chi connectivity index (χ0v) is 13.1. The number of phenols is 1. The summed E-state index contributed by atoms with van der Waals surface area (Å²) in [6.07, 6.45) is 1.55. The van der Waals surface area contributed by atoms with Gasteiger partial charge in [0.15, 0.2) is 18.1 Å². The SMILES string of the molecule is CN(C)c1ccc(/C=N/NC(=O)COc2ccccc2O)cc1. The fourth-order valence-electron chi connectivity index (χ4n) is 1.79. The number of amides is 1. The van der Waals surface area contributed by atoms with E-state index in [1.807, 2.05) is 43.3 Å². The number of ether oxygens (including phenoxy) is 1. The third-order valence-corrected chi connectivity index (χ3v) is 3.04. The minimum Gasteiger partial charge on any atom is -0.504 e. The lowest BCUT2D eigenvalue weighted by Gasteiger charge is -2.11. The van der Waals surface area contributed by atoms with Gasteiger partial charge < -0.3 is 14.7 Å².